The van der Waals surface area contributed by atoms with Crippen molar-refractivity contribution < 1.29 is 38.9 Å². The monoisotopic (exact) mass is 496 g/mol. The summed E-state index contributed by atoms with van der Waals surface area (Å²) < 4.78 is 39.2. The largest absolute Gasteiger partial charge is 0.744 e. The Morgan fingerprint density at radius 2 is 1.44 bits per heavy atom. The Bertz CT molecular complexity index is 966. The highest BCUT2D eigenvalue weighted by atomic mass is 127. The lowest BCUT2D eigenvalue weighted by Gasteiger charge is -2.05. The summed E-state index contributed by atoms with van der Waals surface area (Å²) in [6, 6.07) is 22.9. The summed E-state index contributed by atoms with van der Waals surface area (Å²) in [4.78, 5) is -0.178. The molecule has 0 heterocycles. The van der Waals surface area contributed by atoms with E-state index in [1.807, 2.05) is 19.1 Å². The van der Waals surface area contributed by atoms with E-state index in [9.17, 15) is 13.0 Å². The van der Waals surface area contributed by atoms with Crippen LogP contribution in [-0.4, -0.2) is 20.1 Å². The minimum Gasteiger partial charge on any atom is -0.744 e. The standard InChI is InChI=1S/C14H14IO.C7H8O3S/c1-11-4-3-5-13(10-11)15-12-6-8-14(16-2)9-7-12;1-6-2-4-7(5-3-6)11(8,9)10/h3-10H,1-2H3;2-5H,1H3,(H,8,9,10)/q+1;/p-1. The third-order valence-corrected chi connectivity index (χ3v) is 7.04. The lowest BCUT2D eigenvalue weighted by atomic mass is 10.2. The fourth-order valence-corrected chi connectivity index (χ4v) is 5.07. The van der Waals surface area contributed by atoms with Crippen molar-refractivity contribution in [3.8, 4) is 5.75 Å². The maximum atomic E-state index is 10.4. The van der Waals surface area contributed by atoms with Crippen molar-refractivity contribution >= 4 is 10.1 Å². The Labute approximate surface area is 171 Å². The van der Waals surface area contributed by atoms with Gasteiger partial charge >= 0.3 is 21.2 Å². The molecule has 0 radical (unpaired) electrons. The van der Waals surface area contributed by atoms with Crippen molar-refractivity contribution in [2.45, 2.75) is 18.7 Å². The van der Waals surface area contributed by atoms with Gasteiger partial charge in [-0.1, -0.05) is 29.8 Å². The van der Waals surface area contributed by atoms with E-state index < -0.39 is 10.1 Å². The van der Waals surface area contributed by atoms with E-state index in [1.165, 1.54) is 24.8 Å². The van der Waals surface area contributed by atoms with E-state index in [0.717, 1.165) is 11.3 Å². The molecule has 3 aromatic carbocycles. The first kappa shape index (κ1) is 21.4. The second kappa shape index (κ2) is 9.87. The number of halogens is 1. The minimum absolute atomic E-state index is 0.0617. The molecule has 0 aromatic heterocycles. The summed E-state index contributed by atoms with van der Waals surface area (Å²) in [5, 5.41) is 0. The van der Waals surface area contributed by atoms with Gasteiger partial charge in [0.05, 0.1) is 12.0 Å². The molecule has 0 bridgehead atoms. The predicted molar refractivity (Wildman–Crippen MR) is 101 cm³/mol. The number of hydrogen-bond acceptors (Lipinski definition) is 4. The number of rotatable bonds is 4. The molecule has 0 fully saturated rings. The van der Waals surface area contributed by atoms with Crippen LogP contribution in [0.25, 0.3) is 0 Å². The van der Waals surface area contributed by atoms with Crippen molar-refractivity contribution in [2.24, 2.45) is 0 Å². The Kier molecular flexibility index (Phi) is 7.82. The Morgan fingerprint density at radius 1 is 0.815 bits per heavy atom. The maximum absolute atomic E-state index is 10.4. The molecule has 27 heavy (non-hydrogen) atoms. The molecule has 3 rings (SSSR count). The van der Waals surface area contributed by atoms with Crippen molar-refractivity contribution in [1.29, 1.82) is 0 Å². The molecule has 142 valence electrons. The van der Waals surface area contributed by atoms with E-state index in [2.05, 4.69) is 43.3 Å². The Morgan fingerprint density at radius 3 is 1.96 bits per heavy atom. The van der Waals surface area contributed by atoms with Gasteiger partial charge in [0, 0.05) is 0 Å². The highest BCUT2D eigenvalue weighted by molar-refractivity contribution is 7.85. The van der Waals surface area contributed by atoms with Crippen molar-refractivity contribution in [1.82, 2.24) is 0 Å². The van der Waals surface area contributed by atoms with Crippen LogP contribution in [0.1, 0.15) is 11.1 Å². The van der Waals surface area contributed by atoms with Crippen LogP contribution in [0.4, 0.5) is 0 Å². The van der Waals surface area contributed by atoms with E-state index in [4.69, 9.17) is 4.74 Å². The van der Waals surface area contributed by atoms with Gasteiger partial charge < -0.3 is 9.29 Å². The predicted octanol–water partition coefficient (Wildman–Crippen LogP) is 1.03. The Hall–Kier alpha value is -1.90. The minimum atomic E-state index is -4.27. The zero-order valence-electron chi connectivity index (χ0n) is 15.3. The fraction of sp³-hybridized carbons (Fsp3) is 0.143. The molecule has 6 heteroatoms. The normalized spacial score (nSPS) is 10.7. The third-order valence-electron chi connectivity index (χ3n) is 3.56. The average Bonchev–Trinajstić information content (AvgIpc) is 2.62. The van der Waals surface area contributed by atoms with Gasteiger partial charge in [0.2, 0.25) is 0 Å². The highest BCUT2D eigenvalue weighted by Gasteiger charge is 2.14. The fourth-order valence-electron chi connectivity index (χ4n) is 2.13. The molecule has 3 aromatic rings. The number of benzene rings is 3. The average molecular weight is 496 g/mol. The van der Waals surface area contributed by atoms with E-state index >= 15 is 0 Å². The maximum Gasteiger partial charge on any atom is 0.357 e. The number of methoxy groups -OCH3 is 1. The van der Waals surface area contributed by atoms with E-state index in [0.29, 0.717) is 0 Å². The SMILES string of the molecule is COc1ccc([I+]c2cccc(C)c2)cc1.Cc1ccc(S(=O)(=O)[O-])cc1. The van der Waals surface area contributed by atoms with Crippen LogP contribution in [0, 0.1) is 21.0 Å². The van der Waals surface area contributed by atoms with Crippen LogP contribution >= 0.6 is 0 Å². The molecular formula is C21H21IO4S. The van der Waals surface area contributed by atoms with Gasteiger partial charge in [-0.25, -0.2) is 8.42 Å². The number of ether oxygens (including phenoxy) is 1. The van der Waals surface area contributed by atoms with E-state index in [1.54, 1.807) is 19.2 Å². The van der Waals surface area contributed by atoms with Crippen molar-refractivity contribution in [3.63, 3.8) is 0 Å². The molecule has 0 aliphatic rings. The first-order valence-corrected chi connectivity index (χ1v) is 11.7. The summed E-state index contributed by atoms with van der Waals surface area (Å²) in [6.07, 6.45) is 0. The molecule has 4 nitrogen and oxygen atoms in total. The molecule has 0 unspecified atom stereocenters. The van der Waals surface area contributed by atoms with Crippen LogP contribution < -0.4 is 25.9 Å². The second-order valence-electron chi connectivity index (χ2n) is 5.82. The molecule has 0 saturated carbocycles. The quantitative estimate of drug-likeness (QED) is 0.400. The highest BCUT2D eigenvalue weighted by Crippen LogP contribution is 2.08. The number of aryl methyl sites for hydroxylation is 2. The van der Waals surface area contributed by atoms with Crippen LogP contribution in [0.5, 0.6) is 5.75 Å². The third kappa shape index (κ3) is 7.32. The van der Waals surface area contributed by atoms with Gasteiger partial charge in [0.15, 0.2) is 7.14 Å². The molecule has 0 N–H and O–H groups in total. The van der Waals surface area contributed by atoms with Crippen LogP contribution in [0.3, 0.4) is 0 Å². The molecular weight excluding hydrogens is 475 g/mol. The molecule has 0 atom stereocenters. The molecule has 0 aliphatic carbocycles. The van der Waals surface area contributed by atoms with Crippen LogP contribution in [0.15, 0.2) is 77.7 Å². The topological polar surface area (TPSA) is 66.4 Å². The lowest BCUT2D eigenvalue weighted by Crippen LogP contribution is -3.61. The van der Waals surface area contributed by atoms with Gasteiger partial charge in [-0.2, -0.15) is 0 Å². The summed E-state index contributed by atoms with van der Waals surface area (Å²) in [5.74, 6) is 0.928. The molecule has 0 saturated heterocycles. The molecule has 0 spiro atoms. The molecule has 0 amide bonds. The smallest absolute Gasteiger partial charge is 0.357 e. The van der Waals surface area contributed by atoms with Crippen LogP contribution in [-0.2, 0) is 10.1 Å². The van der Waals surface area contributed by atoms with Gasteiger partial charge in [0.1, 0.15) is 15.9 Å². The zero-order chi connectivity index (χ0) is 19.9. The number of hydrogen-bond donors (Lipinski definition) is 0. The summed E-state index contributed by atoms with van der Waals surface area (Å²) >= 11 is -0.0617. The van der Waals surface area contributed by atoms with E-state index in [-0.39, 0.29) is 26.1 Å². The van der Waals surface area contributed by atoms with Crippen LogP contribution in [0.2, 0.25) is 0 Å². The first-order chi connectivity index (χ1) is 12.8. The summed E-state index contributed by atoms with van der Waals surface area (Å²) in [5.41, 5.74) is 2.27. The van der Waals surface area contributed by atoms with Gasteiger partial charge in [-0.3, -0.25) is 0 Å². The van der Waals surface area contributed by atoms with Gasteiger partial charge in [0.25, 0.3) is 0 Å². The lowest BCUT2D eigenvalue weighted by molar-refractivity contribution is -0.597. The first-order valence-electron chi connectivity index (χ1n) is 8.16. The van der Waals surface area contributed by atoms with Gasteiger partial charge in [-0.15, -0.1) is 0 Å². The van der Waals surface area contributed by atoms with Crippen molar-refractivity contribution in [3.05, 3.63) is 91.1 Å². The Balaban J connectivity index is 0.000000208. The molecule has 0 aliphatic heterocycles. The zero-order valence-corrected chi connectivity index (χ0v) is 18.3. The van der Waals surface area contributed by atoms with Crippen molar-refractivity contribution in [2.75, 3.05) is 7.11 Å². The van der Waals surface area contributed by atoms with Gasteiger partial charge in [-0.05, 0) is 67.9 Å². The summed E-state index contributed by atoms with van der Waals surface area (Å²) in [7, 11) is -2.57. The second-order valence-corrected chi connectivity index (χ2v) is 10.2. The summed E-state index contributed by atoms with van der Waals surface area (Å²) in [6.45, 7) is 3.96.